The van der Waals surface area contributed by atoms with Crippen LogP contribution in [-0.4, -0.2) is 12.0 Å². The second kappa shape index (κ2) is 8.43. The summed E-state index contributed by atoms with van der Waals surface area (Å²) in [5.41, 5.74) is 0.669. The van der Waals surface area contributed by atoms with Gasteiger partial charge in [0.25, 0.3) is 5.91 Å². The molecule has 0 unspecified atom stereocenters. The molecule has 0 aliphatic carbocycles. The summed E-state index contributed by atoms with van der Waals surface area (Å²) in [7, 11) is 0. The second-order valence-electron chi connectivity index (χ2n) is 5.87. The van der Waals surface area contributed by atoms with Crippen LogP contribution in [0.15, 0.2) is 34.8 Å². The highest BCUT2D eigenvalue weighted by molar-refractivity contribution is 9.10. The molecule has 1 amide bonds. The van der Waals surface area contributed by atoms with Crippen molar-refractivity contribution in [2.45, 2.75) is 39.7 Å². The van der Waals surface area contributed by atoms with E-state index in [1.54, 1.807) is 19.1 Å². The zero-order valence-electron chi connectivity index (χ0n) is 14.3. The van der Waals surface area contributed by atoms with Crippen LogP contribution in [0.1, 0.15) is 42.6 Å². The molecule has 0 heterocycles. The molecule has 0 radical (unpaired) electrons. The molecular formula is C19H20BrF2NO2. The molecule has 25 heavy (non-hydrogen) atoms. The van der Waals surface area contributed by atoms with Crippen LogP contribution in [-0.2, 0) is 0 Å². The van der Waals surface area contributed by atoms with E-state index < -0.39 is 17.5 Å². The lowest BCUT2D eigenvalue weighted by molar-refractivity contribution is 0.101. The predicted molar refractivity (Wildman–Crippen MR) is 98.2 cm³/mol. The van der Waals surface area contributed by atoms with E-state index in [9.17, 15) is 13.6 Å². The van der Waals surface area contributed by atoms with Gasteiger partial charge in [-0.3, -0.25) is 4.79 Å². The topological polar surface area (TPSA) is 38.3 Å². The van der Waals surface area contributed by atoms with Gasteiger partial charge in [0, 0.05) is 0 Å². The number of hydrogen-bond donors (Lipinski definition) is 1. The molecule has 0 aliphatic rings. The van der Waals surface area contributed by atoms with E-state index in [2.05, 4.69) is 21.2 Å². The van der Waals surface area contributed by atoms with Gasteiger partial charge in [-0.05, 0) is 60.0 Å². The summed E-state index contributed by atoms with van der Waals surface area (Å²) in [5, 5.41) is 2.51. The maximum atomic E-state index is 14.0. The fourth-order valence-corrected chi connectivity index (χ4v) is 2.78. The average Bonchev–Trinajstić information content (AvgIpc) is 2.54. The Morgan fingerprint density at radius 2 is 2.00 bits per heavy atom. The van der Waals surface area contributed by atoms with Gasteiger partial charge in [0.05, 0.1) is 21.8 Å². The minimum Gasteiger partial charge on any atom is -0.490 e. The van der Waals surface area contributed by atoms with Gasteiger partial charge in [-0.1, -0.05) is 25.5 Å². The molecule has 0 spiro atoms. The van der Waals surface area contributed by atoms with Crippen LogP contribution in [0.25, 0.3) is 0 Å². The minimum absolute atomic E-state index is 0.0197. The quantitative estimate of drug-likeness (QED) is 0.646. The molecule has 1 N–H and O–H groups in total. The van der Waals surface area contributed by atoms with Crippen molar-refractivity contribution in [1.29, 1.82) is 0 Å². The van der Waals surface area contributed by atoms with E-state index in [0.717, 1.165) is 18.9 Å². The number of hydrogen-bond acceptors (Lipinski definition) is 2. The van der Waals surface area contributed by atoms with Crippen molar-refractivity contribution in [2.75, 3.05) is 5.32 Å². The van der Waals surface area contributed by atoms with Crippen molar-refractivity contribution >= 4 is 27.5 Å². The van der Waals surface area contributed by atoms with Gasteiger partial charge in [-0.25, -0.2) is 8.78 Å². The lowest BCUT2D eigenvalue weighted by Gasteiger charge is -2.18. The predicted octanol–water partition coefficient (Wildman–Crippen LogP) is 5.86. The van der Waals surface area contributed by atoms with Gasteiger partial charge >= 0.3 is 0 Å². The largest absolute Gasteiger partial charge is 0.490 e. The number of nitrogens with one attached hydrogen (secondary N) is 1. The van der Waals surface area contributed by atoms with Crippen LogP contribution >= 0.6 is 15.9 Å². The number of ether oxygens (including phenoxy) is 1. The van der Waals surface area contributed by atoms with E-state index in [1.165, 1.54) is 12.1 Å². The highest BCUT2D eigenvalue weighted by atomic mass is 79.9. The van der Waals surface area contributed by atoms with Crippen LogP contribution in [0.5, 0.6) is 5.75 Å². The third-order valence-electron chi connectivity index (χ3n) is 3.75. The van der Waals surface area contributed by atoms with Gasteiger partial charge < -0.3 is 10.1 Å². The Hall–Kier alpha value is -1.95. The summed E-state index contributed by atoms with van der Waals surface area (Å²) < 4.78 is 33.9. The summed E-state index contributed by atoms with van der Waals surface area (Å²) in [6.07, 6.45) is 1.58. The molecule has 2 aromatic carbocycles. The van der Waals surface area contributed by atoms with Crippen LogP contribution in [0, 0.1) is 18.6 Å². The van der Waals surface area contributed by atoms with Crippen molar-refractivity contribution in [3.63, 3.8) is 0 Å². The molecule has 0 saturated heterocycles. The Labute approximate surface area is 154 Å². The van der Waals surface area contributed by atoms with Crippen LogP contribution in [0.3, 0.4) is 0 Å². The highest BCUT2D eigenvalue weighted by Gasteiger charge is 2.20. The summed E-state index contributed by atoms with van der Waals surface area (Å²) >= 11 is 3.10. The molecule has 0 aliphatic heterocycles. The monoisotopic (exact) mass is 411 g/mol. The number of amides is 1. The number of para-hydroxylation sites is 1. The van der Waals surface area contributed by atoms with E-state index in [-0.39, 0.29) is 27.6 Å². The van der Waals surface area contributed by atoms with E-state index in [0.29, 0.717) is 5.56 Å². The van der Waals surface area contributed by atoms with Gasteiger partial charge in [0.15, 0.2) is 0 Å². The summed E-state index contributed by atoms with van der Waals surface area (Å²) in [5.74, 6) is -1.52. The first-order valence-corrected chi connectivity index (χ1v) is 8.85. The lowest BCUT2D eigenvalue weighted by Crippen LogP contribution is -2.18. The third-order valence-corrected chi connectivity index (χ3v) is 4.36. The van der Waals surface area contributed by atoms with E-state index >= 15 is 0 Å². The Kier molecular flexibility index (Phi) is 6.53. The molecule has 3 nitrogen and oxygen atoms in total. The lowest BCUT2D eigenvalue weighted by atomic mass is 10.1. The van der Waals surface area contributed by atoms with Crippen molar-refractivity contribution < 1.29 is 18.3 Å². The molecule has 0 aromatic heterocycles. The molecule has 0 saturated carbocycles. The molecule has 1 atom stereocenters. The van der Waals surface area contributed by atoms with Crippen LogP contribution < -0.4 is 10.1 Å². The van der Waals surface area contributed by atoms with Gasteiger partial charge in [0.1, 0.15) is 17.4 Å². The van der Waals surface area contributed by atoms with Crippen molar-refractivity contribution in [1.82, 2.24) is 0 Å². The fourth-order valence-electron chi connectivity index (χ4n) is 2.46. The molecule has 134 valence electrons. The first-order valence-electron chi connectivity index (χ1n) is 8.05. The average molecular weight is 412 g/mol. The Morgan fingerprint density at radius 1 is 1.28 bits per heavy atom. The van der Waals surface area contributed by atoms with E-state index in [1.807, 2.05) is 13.8 Å². The van der Waals surface area contributed by atoms with Crippen LogP contribution in [0.4, 0.5) is 14.5 Å². The standard InChI is InChI=1S/C19H20BrF2NO2/c1-4-6-12(3)25-17-10-14(20)16(22)9-13(17)19(24)23-18-11(2)7-5-8-15(18)21/h5,7-10,12H,4,6H2,1-3H3,(H,23,24)/t12-/m0/s1. The first kappa shape index (κ1) is 19.4. The Bertz CT molecular complexity index is 760. The zero-order chi connectivity index (χ0) is 18.6. The maximum absolute atomic E-state index is 14.0. The Morgan fingerprint density at radius 3 is 2.64 bits per heavy atom. The maximum Gasteiger partial charge on any atom is 0.259 e. The molecule has 2 rings (SSSR count). The number of halogens is 3. The first-order chi connectivity index (χ1) is 11.8. The van der Waals surface area contributed by atoms with Gasteiger partial charge in [-0.15, -0.1) is 0 Å². The summed E-state index contributed by atoms with van der Waals surface area (Å²) in [6.45, 7) is 5.58. The zero-order valence-corrected chi connectivity index (χ0v) is 15.9. The number of rotatable bonds is 6. The molecule has 0 bridgehead atoms. The molecule has 2 aromatic rings. The van der Waals surface area contributed by atoms with Crippen LogP contribution in [0.2, 0.25) is 0 Å². The number of carbonyl (C=O) groups is 1. The smallest absolute Gasteiger partial charge is 0.259 e. The number of aryl methyl sites for hydroxylation is 1. The van der Waals surface area contributed by atoms with E-state index in [4.69, 9.17) is 4.74 Å². The van der Waals surface area contributed by atoms with Gasteiger partial charge in [-0.2, -0.15) is 0 Å². The Balaban J connectivity index is 2.36. The highest BCUT2D eigenvalue weighted by Crippen LogP contribution is 2.29. The van der Waals surface area contributed by atoms with Crippen molar-refractivity contribution in [2.24, 2.45) is 0 Å². The molecule has 0 fully saturated rings. The minimum atomic E-state index is -0.627. The second-order valence-corrected chi connectivity index (χ2v) is 6.72. The normalized spacial score (nSPS) is 11.9. The van der Waals surface area contributed by atoms with Crippen molar-refractivity contribution in [3.8, 4) is 5.75 Å². The number of carbonyl (C=O) groups excluding carboxylic acids is 1. The van der Waals surface area contributed by atoms with Gasteiger partial charge in [0.2, 0.25) is 0 Å². The SMILES string of the molecule is CCC[C@H](C)Oc1cc(Br)c(F)cc1C(=O)Nc1c(C)cccc1F. The number of benzene rings is 2. The fraction of sp³-hybridized carbons (Fsp3) is 0.316. The number of anilines is 1. The molecular weight excluding hydrogens is 392 g/mol. The molecule has 6 heteroatoms. The summed E-state index contributed by atoms with van der Waals surface area (Å²) in [4.78, 5) is 12.6. The van der Waals surface area contributed by atoms with Crippen molar-refractivity contribution in [3.05, 3.63) is 57.6 Å². The third kappa shape index (κ3) is 4.78. The summed E-state index contributed by atoms with van der Waals surface area (Å²) in [6, 6.07) is 7.00.